The van der Waals surface area contributed by atoms with E-state index in [4.69, 9.17) is 18.9 Å². The Hall–Kier alpha value is -0.600. The van der Waals surface area contributed by atoms with Crippen LogP contribution in [0.3, 0.4) is 0 Å². The maximum absolute atomic E-state index is 11.8. The fourth-order valence-electron chi connectivity index (χ4n) is 1.40. The number of hydrogen-bond acceptors (Lipinski definition) is 6. The molecular formula is C14H19BrO5S. The number of ether oxygens (including phenoxy) is 4. The Morgan fingerprint density at radius 2 is 1.71 bits per heavy atom. The molecular weight excluding hydrogens is 360 g/mol. The molecule has 0 saturated carbocycles. The SMILES string of the molecule is COCCOCCOCCOC(=O)c1cc(S)ccc1Br. The summed E-state index contributed by atoms with van der Waals surface area (Å²) in [7, 11) is 1.62. The summed E-state index contributed by atoms with van der Waals surface area (Å²) >= 11 is 7.49. The van der Waals surface area contributed by atoms with Crippen LogP contribution in [-0.2, 0) is 18.9 Å². The number of halogens is 1. The van der Waals surface area contributed by atoms with Gasteiger partial charge in [0.2, 0.25) is 0 Å². The Bertz CT molecular complexity index is 441. The summed E-state index contributed by atoms with van der Waals surface area (Å²) in [6.07, 6.45) is 0. The molecule has 0 fully saturated rings. The lowest BCUT2D eigenvalue weighted by Crippen LogP contribution is -2.14. The van der Waals surface area contributed by atoms with Crippen molar-refractivity contribution >= 4 is 34.5 Å². The van der Waals surface area contributed by atoms with Crippen molar-refractivity contribution in [3.05, 3.63) is 28.2 Å². The smallest absolute Gasteiger partial charge is 0.339 e. The van der Waals surface area contributed by atoms with E-state index in [0.717, 1.165) is 0 Å². The Balaban J connectivity index is 2.12. The monoisotopic (exact) mass is 378 g/mol. The molecule has 1 aromatic carbocycles. The number of carbonyl (C=O) groups is 1. The summed E-state index contributed by atoms with van der Waals surface area (Å²) < 4.78 is 21.2. The van der Waals surface area contributed by atoms with Crippen LogP contribution in [0.2, 0.25) is 0 Å². The molecule has 0 aromatic heterocycles. The van der Waals surface area contributed by atoms with Crippen molar-refractivity contribution in [1.29, 1.82) is 0 Å². The van der Waals surface area contributed by atoms with Crippen molar-refractivity contribution in [1.82, 2.24) is 0 Å². The molecule has 1 rings (SSSR count). The molecule has 0 aliphatic heterocycles. The maximum atomic E-state index is 11.8. The minimum absolute atomic E-state index is 0.195. The lowest BCUT2D eigenvalue weighted by molar-refractivity contribution is 0.00566. The van der Waals surface area contributed by atoms with Crippen LogP contribution in [0.1, 0.15) is 10.4 Å². The van der Waals surface area contributed by atoms with Gasteiger partial charge in [-0.2, -0.15) is 0 Å². The van der Waals surface area contributed by atoms with Crippen LogP contribution < -0.4 is 0 Å². The predicted octanol–water partition coefficient (Wildman–Crippen LogP) is 2.57. The van der Waals surface area contributed by atoms with E-state index >= 15 is 0 Å². The number of esters is 1. The van der Waals surface area contributed by atoms with E-state index in [1.54, 1.807) is 25.3 Å². The molecule has 0 aliphatic rings. The van der Waals surface area contributed by atoms with Crippen molar-refractivity contribution in [3.8, 4) is 0 Å². The quantitative estimate of drug-likeness (QED) is 0.385. The van der Waals surface area contributed by atoms with Gasteiger partial charge in [-0.1, -0.05) is 0 Å². The highest BCUT2D eigenvalue weighted by Gasteiger charge is 2.11. The summed E-state index contributed by atoms with van der Waals surface area (Å²) in [6, 6.07) is 5.20. The number of rotatable bonds is 10. The number of methoxy groups -OCH3 is 1. The van der Waals surface area contributed by atoms with E-state index in [1.165, 1.54) is 0 Å². The first kappa shape index (κ1) is 18.4. The molecule has 0 atom stereocenters. The van der Waals surface area contributed by atoms with Crippen LogP contribution in [0.4, 0.5) is 0 Å². The summed E-state index contributed by atoms with van der Waals surface area (Å²) in [5, 5.41) is 0. The van der Waals surface area contributed by atoms with Gasteiger partial charge in [-0.25, -0.2) is 4.79 Å². The second-order valence-corrected chi connectivity index (χ2v) is 5.39. The number of hydrogen-bond donors (Lipinski definition) is 1. The summed E-state index contributed by atoms with van der Waals surface area (Å²) in [5.41, 5.74) is 0.449. The molecule has 0 unspecified atom stereocenters. The third kappa shape index (κ3) is 7.82. The maximum Gasteiger partial charge on any atom is 0.339 e. The third-order valence-electron chi connectivity index (χ3n) is 2.43. The minimum Gasteiger partial charge on any atom is -0.460 e. The van der Waals surface area contributed by atoms with E-state index < -0.39 is 5.97 Å². The van der Waals surface area contributed by atoms with Crippen LogP contribution in [-0.4, -0.2) is 52.7 Å². The van der Waals surface area contributed by atoms with Gasteiger partial charge in [-0.05, 0) is 34.1 Å². The molecule has 0 amide bonds. The number of thiol groups is 1. The predicted molar refractivity (Wildman–Crippen MR) is 85.2 cm³/mol. The number of carbonyl (C=O) groups excluding carboxylic acids is 1. The van der Waals surface area contributed by atoms with E-state index in [-0.39, 0.29) is 6.61 Å². The molecule has 1 aromatic rings. The third-order valence-corrected chi connectivity index (χ3v) is 3.40. The van der Waals surface area contributed by atoms with Gasteiger partial charge in [-0.15, -0.1) is 12.6 Å². The lowest BCUT2D eigenvalue weighted by Gasteiger charge is -2.08. The Morgan fingerprint density at radius 3 is 2.38 bits per heavy atom. The highest BCUT2D eigenvalue weighted by Crippen LogP contribution is 2.20. The van der Waals surface area contributed by atoms with Crippen LogP contribution in [0.5, 0.6) is 0 Å². The first-order chi connectivity index (χ1) is 10.1. The van der Waals surface area contributed by atoms with Gasteiger partial charge in [0.15, 0.2) is 0 Å². The summed E-state index contributed by atoms with van der Waals surface area (Å²) in [6.45, 7) is 2.58. The van der Waals surface area contributed by atoms with Crippen LogP contribution in [0.25, 0.3) is 0 Å². The van der Waals surface area contributed by atoms with Gasteiger partial charge in [0.1, 0.15) is 6.61 Å². The molecule has 0 spiro atoms. The van der Waals surface area contributed by atoms with E-state index in [0.29, 0.717) is 48.0 Å². The zero-order valence-corrected chi connectivity index (χ0v) is 14.3. The zero-order valence-electron chi connectivity index (χ0n) is 11.8. The Labute approximate surface area is 138 Å². The molecule has 0 saturated heterocycles. The van der Waals surface area contributed by atoms with E-state index in [2.05, 4.69) is 28.6 Å². The number of benzene rings is 1. The fraction of sp³-hybridized carbons (Fsp3) is 0.500. The minimum atomic E-state index is -0.405. The van der Waals surface area contributed by atoms with E-state index in [1.807, 2.05) is 0 Å². The molecule has 0 aliphatic carbocycles. The zero-order chi connectivity index (χ0) is 15.5. The van der Waals surface area contributed by atoms with Crippen LogP contribution >= 0.6 is 28.6 Å². The van der Waals surface area contributed by atoms with Crippen molar-refractivity contribution in [2.45, 2.75) is 4.90 Å². The van der Waals surface area contributed by atoms with Crippen molar-refractivity contribution in [2.24, 2.45) is 0 Å². The highest BCUT2D eigenvalue weighted by molar-refractivity contribution is 9.10. The van der Waals surface area contributed by atoms with Gasteiger partial charge in [0, 0.05) is 16.5 Å². The average Bonchev–Trinajstić information content (AvgIpc) is 2.48. The molecule has 5 nitrogen and oxygen atoms in total. The van der Waals surface area contributed by atoms with Gasteiger partial charge in [-0.3, -0.25) is 0 Å². The normalized spacial score (nSPS) is 10.6. The molecule has 0 bridgehead atoms. The first-order valence-corrected chi connectivity index (χ1v) is 7.69. The average molecular weight is 379 g/mol. The summed E-state index contributed by atoms with van der Waals surface area (Å²) in [5.74, 6) is -0.405. The van der Waals surface area contributed by atoms with Gasteiger partial charge < -0.3 is 18.9 Å². The van der Waals surface area contributed by atoms with Crippen LogP contribution in [0.15, 0.2) is 27.6 Å². The molecule has 21 heavy (non-hydrogen) atoms. The first-order valence-electron chi connectivity index (χ1n) is 6.45. The fourth-order valence-corrected chi connectivity index (χ4v) is 2.02. The molecule has 0 N–H and O–H groups in total. The Kier molecular flexibility index (Phi) is 9.69. The topological polar surface area (TPSA) is 54.0 Å². The highest BCUT2D eigenvalue weighted by atomic mass is 79.9. The molecule has 118 valence electrons. The van der Waals surface area contributed by atoms with Crippen molar-refractivity contribution in [3.63, 3.8) is 0 Å². The molecule has 0 radical (unpaired) electrons. The van der Waals surface area contributed by atoms with Crippen molar-refractivity contribution in [2.75, 3.05) is 46.8 Å². The standard InChI is InChI=1S/C14H19BrO5S/c1-17-4-5-18-6-7-19-8-9-20-14(16)12-10-11(21)2-3-13(12)15/h2-3,10,21H,4-9H2,1H3. The van der Waals surface area contributed by atoms with Crippen LogP contribution in [0, 0.1) is 0 Å². The molecule has 0 heterocycles. The summed E-state index contributed by atoms with van der Waals surface area (Å²) in [4.78, 5) is 12.5. The van der Waals surface area contributed by atoms with Crippen molar-refractivity contribution < 1.29 is 23.7 Å². The Morgan fingerprint density at radius 1 is 1.10 bits per heavy atom. The van der Waals surface area contributed by atoms with Gasteiger partial charge >= 0.3 is 5.97 Å². The van der Waals surface area contributed by atoms with Gasteiger partial charge in [0.25, 0.3) is 0 Å². The second kappa shape index (κ2) is 11.0. The molecule has 7 heteroatoms. The second-order valence-electron chi connectivity index (χ2n) is 4.02. The van der Waals surface area contributed by atoms with E-state index in [9.17, 15) is 4.79 Å². The van der Waals surface area contributed by atoms with Gasteiger partial charge in [0.05, 0.1) is 38.6 Å². The lowest BCUT2D eigenvalue weighted by atomic mass is 10.2. The largest absolute Gasteiger partial charge is 0.460 e.